The first-order chi connectivity index (χ1) is 15.0. The van der Waals surface area contributed by atoms with Crippen LogP contribution >= 0.6 is 0 Å². The molecule has 0 radical (unpaired) electrons. The number of nitrogens with zero attached hydrogens (tertiary/aromatic N) is 1. The van der Waals surface area contributed by atoms with Gasteiger partial charge in [-0.25, -0.2) is 4.79 Å². The van der Waals surface area contributed by atoms with Crippen LogP contribution in [0, 0.1) is 0 Å². The third-order valence-corrected chi connectivity index (χ3v) is 5.63. The zero-order valence-electron chi connectivity index (χ0n) is 17.5. The molecule has 31 heavy (non-hydrogen) atoms. The van der Waals surface area contributed by atoms with Gasteiger partial charge in [-0.2, -0.15) is 5.90 Å². The molecule has 0 unspecified atom stereocenters. The quantitative estimate of drug-likeness (QED) is 0.612. The molecule has 7 heteroatoms. The van der Waals surface area contributed by atoms with E-state index < -0.39 is 11.4 Å². The van der Waals surface area contributed by atoms with Crippen molar-refractivity contribution in [2.75, 3.05) is 7.11 Å². The molecule has 0 fully saturated rings. The first-order valence-electron chi connectivity index (χ1n) is 10.1. The molecular weight excluding hydrogens is 396 g/mol. The van der Waals surface area contributed by atoms with Crippen molar-refractivity contribution >= 4 is 5.97 Å². The Labute approximate surface area is 179 Å². The van der Waals surface area contributed by atoms with Gasteiger partial charge in [-0.3, -0.25) is 4.79 Å². The summed E-state index contributed by atoms with van der Waals surface area (Å²) in [5.74, 6) is 5.38. The molecule has 160 valence electrons. The molecule has 1 atom stereocenters. The predicted molar refractivity (Wildman–Crippen MR) is 116 cm³/mol. The molecule has 2 aromatic carbocycles. The number of pyridine rings is 1. The van der Waals surface area contributed by atoms with E-state index in [1.54, 1.807) is 7.11 Å². The smallest absolute Gasteiger partial charge is 0.362 e. The Morgan fingerprint density at radius 1 is 1.16 bits per heavy atom. The van der Waals surface area contributed by atoms with Crippen LogP contribution in [0.4, 0.5) is 0 Å². The molecule has 0 saturated heterocycles. The molecule has 0 saturated carbocycles. The van der Waals surface area contributed by atoms with Crippen molar-refractivity contribution in [2.45, 2.75) is 32.4 Å². The minimum Gasteiger partial charge on any atom is -0.493 e. The highest BCUT2D eigenvalue weighted by Gasteiger charge is 2.27. The molecular formula is C24H24N2O5. The average Bonchev–Trinajstić information content (AvgIpc) is 2.81. The normalized spacial score (nSPS) is 14.4. The van der Waals surface area contributed by atoms with Gasteiger partial charge in [-0.15, -0.1) is 0 Å². The zero-order chi connectivity index (χ0) is 22.0. The number of nitrogens with two attached hydrogens (primary N) is 1. The van der Waals surface area contributed by atoms with Gasteiger partial charge in [0.15, 0.2) is 16.9 Å². The molecule has 0 aliphatic carbocycles. The molecule has 0 spiro atoms. The molecule has 2 heterocycles. The highest BCUT2D eigenvalue weighted by atomic mass is 16.7. The molecule has 3 aromatic rings. The Bertz CT molecular complexity index is 1170. The number of carbonyl (C=O) groups is 1. The maximum atomic E-state index is 12.6. The Balaban J connectivity index is 1.77. The predicted octanol–water partition coefficient (Wildman–Crippen LogP) is 3.64. The number of carbonyl (C=O) groups excluding carboxylic acids is 1. The van der Waals surface area contributed by atoms with Gasteiger partial charge in [-0.1, -0.05) is 37.3 Å². The lowest BCUT2D eigenvalue weighted by Gasteiger charge is -2.31. The largest absolute Gasteiger partial charge is 0.493 e. The summed E-state index contributed by atoms with van der Waals surface area (Å²) in [4.78, 5) is 28.7. The van der Waals surface area contributed by atoms with Gasteiger partial charge in [0.2, 0.25) is 0 Å². The first-order valence-corrected chi connectivity index (χ1v) is 10.1. The van der Waals surface area contributed by atoms with Crippen LogP contribution in [0.3, 0.4) is 0 Å². The summed E-state index contributed by atoms with van der Waals surface area (Å²) < 4.78 is 13.6. The van der Waals surface area contributed by atoms with Gasteiger partial charge in [-0.05, 0) is 36.1 Å². The second kappa shape index (κ2) is 8.65. The standard InChI is InChI=1S/C24H24N2O5/c1-3-17-9-16-10-23(30-14-15-7-5-4-6-8-15)22(29-2)11-18(16)20-12-21(27)19(13-26(17)20)24(28)31-25/h4-8,10-13,17H,3,9,14,25H2,1-2H3/t17-/m0/s1. The molecule has 1 aliphatic heterocycles. The second-order valence-corrected chi connectivity index (χ2v) is 7.45. The number of fused-ring (bicyclic) bond motifs is 3. The Hall–Kier alpha value is -3.58. The van der Waals surface area contributed by atoms with Crippen LogP contribution in [0.5, 0.6) is 11.5 Å². The summed E-state index contributed by atoms with van der Waals surface area (Å²) in [6, 6.07) is 15.3. The summed E-state index contributed by atoms with van der Waals surface area (Å²) in [6.45, 7) is 2.49. The second-order valence-electron chi connectivity index (χ2n) is 7.45. The van der Waals surface area contributed by atoms with Crippen LogP contribution in [0.25, 0.3) is 11.3 Å². The maximum Gasteiger partial charge on any atom is 0.362 e. The van der Waals surface area contributed by atoms with Crippen LogP contribution < -0.4 is 20.8 Å². The topological polar surface area (TPSA) is 92.8 Å². The summed E-state index contributed by atoms with van der Waals surface area (Å²) in [5, 5.41) is 0. The van der Waals surface area contributed by atoms with Gasteiger partial charge in [0.1, 0.15) is 12.2 Å². The van der Waals surface area contributed by atoms with Crippen molar-refractivity contribution in [2.24, 2.45) is 5.90 Å². The van der Waals surface area contributed by atoms with E-state index in [1.165, 1.54) is 12.3 Å². The summed E-state index contributed by atoms with van der Waals surface area (Å²) in [6.07, 6.45) is 3.08. The molecule has 4 rings (SSSR count). The number of hydrogen-bond acceptors (Lipinski definition) is 6. The summed E-state index contributed by atoms with van der Waals surface area (Å²) in [7, 11) is 1.59. The zero-order valence-corrected chi connectivity index (χ0v) is 17.5. The fourth-order valence-electron chi connectivity index (χ4n) is 3.99. The van der Waals surface area contributed by atoms with E-state index in [-0.39, 0.29) is 11.6 Å². The summed E-state index contributed by atoms with van der Waals surface area (Å²) in [5.41, 5.74) is 3.20. The van der Waals surface area contributed by atoms with Crippen LogP contribution in [-0.4, -0.2) is 17.6 Å². The van der Waals surface area contributed by atoms with Crippen LogP contribution in [0.2, 0.25) is 0 Å². The number of rotatable bonds is 6. The van der Waals surface area contributed by atoms with Crippen molar-refractivity contribution in [1.82, 2.24) is 4.57 Å². The van der Waals surface area contributed by atoms with Crippen LogP contribution in [0.15, 0.2) is 59.5 Å². The van der Waals surface area contributed by atoms with Gasteiger partial charge >= 0.3 is 5.97 Å². The molecule has 1 aromatic heterocycles. The van der Waals surface area contributed by atoms with Gasteiger partial charge in [0.25, 0.3) is 0 Å². The molecule has 2 N–H and O–H groups in total. The number of aromatic nitrogens is 1. The summed E-state index contributed by atoms with van der Waals surface area (Å²) >= 11 is 0. The molecule has 0 bridgehead atoms. The minimum atomic E-state index is -0.844. The van der Waals surface area contributed by atoms with Crippen molar-refractivity contribution in [3.63, 3.8) is 0 Å². The lowest BCUT2D eigenvalue weighted by molar-refractivity contribution is 0.0500. The third-order valence-electron chi connectivity index (χ3n) is 5.63. The van der Waals surface area contributed by atoms with Crippen LogP contribution in [0.1, 0.15) is 40.9 Å². The van der Waals surface area contributed by atoms with Gasteiger partial charge in [0.05, 0.1) is 12.8 Å². The van der Waals surface area contributed by atoms with Gasteiger partial charge in [0, 0.05) is 23.9 Å². The van der Waals surface area contributed by atoms with Crippen molar-refractivity contribution in [3.05, 3.63) is 81.6 Å². The maximum absolute atomic E-state index is 12.6. The monoisotopic (exact) mass is 420 g/mol. The lowest BCUT2D eigenvalue weighted by atomic mass is 9.90. The number of methoxy groups -OCH3 is 1. The van der Waals surface area contributed by atoms with E-state index in [0.717, 1.165) is 35.2 Å². The Morgan fingerprint density at radius 2 is 1.94 bits per heavy atom. The minimum absolute atomic E-state index is 0.0720. The van der Waals surface area contributed by atoms with E-state index >= 15 is 0 Å². The van der Waals surface area contributed by atoms with E-state index in [2.05, 4.69) is 11.8 Å². The highest BCUT2D eigenvalue weighted by molar-refractivity contribution is 5.89. The SMILES string of the molecule is CC[C@H]1Cc2cc(OCc3ccccc3)c(OC)cc2-c2cc(=O)c(C(=O)ON)cn21. The first kappa shape index (κ1) is 20.7. The fourth-order valence-corrected chi connectivity index (χ4v) is 3.99. The van der Waals surface area contributed by atoms with E-state index in [0.29, 0.717) is 18.1 Å². The molecule has 0 amide bonds. The van der Waals surface area contributed by atoms with Crippen LogP contribution in [-0.2, 0) is 17.9 Å². The van der Waals surface area contributed by atoms with E-state index in [9.17, 15) is 9.59 Å². The number of benzene rings is 2. The molecule has 1 aliphatic rings. The molecule has 7 nitrogen and oxygen atoms in total. The number of ether oxygens (including phenoxy) is 2. The van der Waals surface area contributed by atoms with E-state index in [1.807, 2.05) is 47.0 Å². The Kier molecular flexibility index (Phi) is 5.77. The lowest BCUT2D eigenvalue weighted by Crippen LogP contribution is -2.27. The average molecular weight is 420 g/mol. The third kappa shape index (κ3) is 3.92. The fraction of sp³-hybridized carbons (Fsp3) is 0.250. The van der Waals surface area contributed by atoms with Gasteiger partial charge < -0.3 is 18.9 Å². The van der Waals surface area contributed by atoms with Crippen molar-refractivity contribution in [1.29, 1.82) is 0 Å². The Morgan fingerprint density at radius 3 is 2.61 bits per heavy atom. The van der Waals surface area contributed by atoms with E-state index in [4.69, 9.17) is 15.4 Å². The highest BCUT2D eigenvalue weighted by Crippen LogP contribution is 2.41. The van der Waals surface area contributed by atoms with Crippen molar-refractivity contribution < 1.29 is 19.1 Å². The van der Waals surface area contributed by atoms with Crippen molar-refractivity contribution in [3.8, 4) is 22.8 Å². The number of hydrogen-bond donors (Lipinski definition) is 1.